The monoisotopic (exact) mass is 514 g/mol. The molecule has 0 atom stereocenters. The van der Waals surface area contributed by atoms with Gasteiger partial charge in [-0.1, -0.05) is 0 Å². The fourth-order valence-electron chi connectivity index (χ4n) is 3.45. The number of halogens is 6. The van der Waals surface area contributed by atoms with E-state index in [4.69, 9.17) is 4.74 Å². The minimum absolute atomic E-state index is 0.0242. The predicted octanol–water partition coefficient (Wildman–Crippen LogP) is 2.79. The Bertz CT molecular complexity index is 1360. The van der Waals surface area contributed by atoms with Crippen molar-refractivity contribution < 1.29 is 31.1 Å². The Labute approximate surface area is 197 Å². The highest BCUT2D eigenvalue weighted by Crippen LogP contribution is 2.31. The van der Waals surface area contributed by atoms with Crippen LogP contribution in [0.1, 0.15) is 17.2 Å². The van der Waals surface area contributed by atoms with Crippen molar-refractivity contribution in [2.75, 3.05) is 36.5 Å². The van der Waals surface area contributed by atoms with Crippen LogP contribution in [0.3, 0.4) is 0 Å². The van der Waals surface area contributed by atoms with Gasteiger partial charge < -0.3 is 19.9 Å². The highest BCUT2D eigenvalue weighted by atomic mass is 19.4. The van der Waals surface area contributed by atoms with Crippen molar-refractivity contribution in [2.45, 2.75) is 18.9 Å². The number of anilines is 2. The van der Waals surface area contributed by atoms with E-state index in [2.05, 4.69) is 40.5 Å². The molecule has 0 unspecified atom stereocenters. The number of ether oxygens (including phenoxy) is 1. The number of aromatic nitrogens is 8. The standard InChI is InChI=1S/C19H16F6N10O/c20-18(21,22)11-2-1-10(7-26-11)14-29-13(31-32-14)9-27-15-16-28-8-12(19(23,24)25)35(16)33-17(30-15)34-3-5-36-6-4-34/h1-2,7-8H,3-6,9H2,(H,27,30,33)(H,29,31,32). The summed E-state index contributed by atoms with van der Waals surface area (Å²) in [7, 11) is 0. The first-order valence-corrected chi connectivity index (χ1v) is 10.4. The largest absolute Gasteiger partial charge is 0.435 e. The van der Waals surface area contributed by atoms with Gasteiger partial charge in [-0.05, 0) is 12.1 Å². The van der Waals surface area contributed by atoms with E-state index >= 15 is 0 Å². The van der Waals surface area contributed by atoms with Crippen LogP contribution >= 0.6 is 0 Å². The van der Waals surface area contributed by atoms with Crippen LogP contribution in [0.5, 0.6) is 0 Å². The second-order valence-corrected chi connectivity index (χ2v) is 7.64. The summed E-state index contributed by atoms with van der Waals surface area (Å²) in [6, 6.07) is 2.01. The maximum absolute atomic E-state index is 13.5. The fraction of sp³-hybridized carbons (Fsp3) is 0.368. The van der Waals surface area contributed by atoms with Gasteiger partial charge in [0, 0.05) is 24.8 Å². The van der Waals surface area contributed by atoms with Crippen LogP contribution in [0.25, 0.3) is 17.0 Å². The van der Waals surface area contributed by atoms with Gasteiger partial charge in [0.1, 0.15) is 11.5 Å². The first-order valence-electron chi connectivity index (χ1n) is 10.4. The summed E-state index contributed by atoms with van der Waals surface area (Å²) in [6.45, 7) is 1.49. The lowest BCUT2D eigenvalue weighted by Crippen LogP contribution is -2.38. The van der Waals surface area contributed by atoms with Gasteiger partial charge in [0.25, 0.3) is 0 Å². The van der Waals surface area contributed by atoms with Gasteiger partial charge in [0.2, 0.25) is 5.95 Å². The molecule has 0 bridgehead atoms. The van der Waals surface area contributed by atoms with Gasteiger partial charge in [-0.3, -0.25) is 4.98 Å². The number of aromatic amines is 1. The molecule has 4 aromatic heterocycles. The molecule has 1 aliphatic heterocycles. The quantitative estimate of drug-likeness (QED) is 0.387. The van der Waals surface area contributed by atoms with Gasteiger partial charge >= 0.3 is 12.4 Å². The van der Waals surface area contributed by atoms with Gasteiger partial charge in [-0.25, -0.2) is 9.50 Å². The van der Waals surface area contributed by atoms with E-state index in [1.54, 1.807) is 4.90 Å². The second kappa shape index (κ2) is 8.89. The normalized spacial score (nSPS) is 15.0. The van der Waals surface area contributed by atoms with E-state index in [0.29, 0.717) is 37.0 Å². The number of morpholine rings is 1. The summed E-state index contributed by atoms with van der Waals surface area (Å²) in [4.78, 5) is 16.1. The average Bonchev–Trinajstić information content (AvgIpc) is 3.50. The Kier molecular flexibility index (Phi) is 5.85. The van der Waals surface area contributed by atoms with Crippen LogP contribution in [0, 0.1) is 0 Å². The Hall–Kier alpha value is -4.02. The van der Waals surface area contributed by atoms with Crippen molar-refractivity contribution in [3.8, 4) is 11.4 Å². The number of H-pyrrole nitrogens is 1. The lowest BCUT2D eigenvalue weighted by molar-refractivity contribution is -0.142. The zero-order valence-electron chi connectivity index (χ0n) is 18.1. The zero-order chi connectivity index (χ0) is 25.5. The van der Waals surface area contributed by atoms with Crippen LogP contribution in [0.15, 0.2) is 24.5 Å². The molecule has 5 heterocycles. The molecule has 5 rings (SSSR count). The molecule has 36 heavy (non-hydrogen) atoms. The van der Waals surface area contributed by atoms with Gasteiger partial charge in [-0.15, -0.1) is 15.3 Å². The van der Waals surface area contributed by atoms with Crippen LogP contribution in [-0.2, 0) is 23.6 Å². The van der Waals surface area contributed by atoms with Crippen LogP contribution in [-0.4, -0.2) is 66.1 Å². The summed E-state index contributed by atoms with van der Waals surface area (Å²) in [5, 5.41) is 14.7. The first-order chi connectivity index (χ1) is 17.1. The van der Waals surface area contributed by atoms with Crippen molar-refractivity contribution in [2.24, 2.45) is 0 Å². The summed E-state index contributed by atoms with van der Waals surface area (Å²) in [5.41, 5.74) is -1.99. The molecule has 0 aliphatic carbocycles. The number of imidazole rings is 1. The molecule has 2 N–H and O–H groups in total. The van der Waals surface area contributed by atoms with Crippen LogP contribution in [0.2, 0.25) is 0 Å². The molecule has 190 valence electrons. The molecule has 0 aromatic carbocycles. The molecule has 1 aliphatic rings. The maximum Gasteiger partial charge on any atom is 0.435 e. The van der Waals surface area contributed by atoms with E-state index in [1.165, 1.54) is 6.07 Å². The number of hydrogen-bond acceptors (Lipinski definition) is 9. The zero-order valence-corrected chi connectivity index (χ0v) is 18.1. The highest BCUT2D eigenvalue weighted by molar-refractivity contribution is 5.64. The fourth-order valence-corrected chi connectivity index (χ4v) is 3.45. The van der Waals surface area contributed by atoms with E-state index < -0.39 is 23.7 Å². The second-order valence-electron chi connectivity index (χ2n) is 7.64. The topological polar surface area (TPSA) is 122 Å². The molecular formula is C19H16F6N10O. The van der Waals surface area contributed by atoms with Gasteiger partial charge in [-0.2, -0.15) is 31.3 Å². The van der Waals surface area contributed by atoms with Crippen molar-refractivity contribution in [3.05, 3.63) is 41.7 Å². The Morgan fingerprint density at radius 3 is 2.42 bits per heavy atom. The first kappa shape index (κ1) is 23.7. The lowest BCUT2D eigenvalue weighted by atomic mass is 10.2. The Balaban J connectivity index is 1.40. The number of hydrogen-bond donors (Lipinski definition) is 2. The minimum Gasteiger partial charge on any atom is -0.378 e. The van der Waals surface area contributed by atoms with Crippen molar-refractivity contribution in [3.63, 3.8) is 0 Å². The third kappa shape index (κ3) is 4.73. The summed E-state index contributed by atoms with van der Waals surface area (Å²) >= 11 is 0. The molecule has 0 saturated carbocycles. The molecule has 11 nitrogen and oxygen atoms in total. The predicted molar refractivity (Wildman–Crippen MR) is 111 cm³/mol. The van der Waals surface area contributed by atoms with E-state index in [9.17, 15) is 26.3 Å². The molecule has 4 aromatic rings. The number of alkyl halides is 6. The maximum atomic E-state index is 13.5. The molecule has 0 spiro atoms. The van der Waals surface area contributed by atoms with E-state index in [-0.39, 0.29) is 41.2 Å². The molecule has 1 saturated heterocycles. The summed E-state index contributed by atoms with van der Waals surface area (Å²) < 4.78 is 84.6. The van der Waals surface area contributed by atoms with E-state index in [1.807, 2.05) is 0 Å². The molecule has 0 radical (unpaired) electrons. The van der Waals surface area contributed by atoms with Crippen LogP contribution < -0.4 is 10.2 Å². The lowest BCUT2D eigenvalue weighted by Gasteiger charge is -2.27. The highest BCUT2D eigenvalue weighted by Gasteiger charge is 2.36. The minimum atomic E-state index is -4.69. The van der Waals surface area contributed by atoms with Crippen molar-refractivity contribution in [1.29, 1.82) is 0 Å². The SMILES string of the molecule is FC(F)(F)c1ccc(-c2nnc(CNc3nc(N4CCOCC4)nn4c(C(F)(F)F)cnc34)[nH]2)cn1. The average molecular weight is 514 g/mol. The molecular weight excluding hydrogens is 498 g/mol. The van der Waals surface area contributed by atoms with Gasteiger partial charge in [0.05, 0.1) is 26.0 Å². The van der Waals surface area contributed by atoms with Gasteiger partial charge in [0.15, 0.2) is 23.0 Å². The number of fused-ring (bicyclic) bond motifs is 1. The number of nitrogens with zero attached hydrogens (tertiary/aromatic N) is 8. The Morgan fingerprint density at radius 2 is 1.75 bits per heavy atom. The number of rotatable bonds is 5. The third-order valence-corrected chi connectivity index (χ3v) is 5.22. The number of nitrogens with one attached hydrogen (secondary N) is 2. The number of pyridine rings is 1. The van der Waals surface area contributed by atoms with E-state index in [0.717, 1.165) is 12.3 Å². The third-order valence-electron chi connectivity index (χ3n) is 5.22. The molecule has 1 fully saturated rings. The van der Waals surface area contributed by atoms with Crippen LogP contribution in [0.4, 0.5) is 38.1 Å². The molecule has 0 amide bonds. The summed E-state index contributed by atoms with van der Waals surface area (Å²) in [6.07, 6.45) is -7.59. The van der Waals surface area contributed by atoms with Crippen molar-refractivity contribution >= 4 is 17.4 Å². The smallest absolute Gasteiger partial charge is 0.378 e. The molecule has 17 heteroatoms. The van der Waals surface area contributed by atoms with Crippen molar-refractivity contribution in [1.82, 2.24) is 39.7 Å². The summed E-state index contributed by atoms with van der Waals surface area (Å²) in [5.74, 6) is 0.495. The Morgan fingerprint density at radius 1 is 0.972 bits per heavy atom.